The number of aromatic amines is 1. The lowest BCUT2D eigenvalue weighted by Gasteiger charge is -2.10. The van der Waals surface area contributed by atoms with Gasteiger partial charge in [-0.3, -0.25) is 9.78 Å². The maximum absolute atomic E-state index is 13.3. The Morgan fingerprint density at radius 1 is 1.36 bits per heavy atom. The van der Waals surface area contributed by atoms with E-state index in [2.05, 4.69) is 20.9 Å². The highest BCUT2D eigenvalue weighted by Crippen LogP contribution is 2.31. The zero-order chi connectivity index (χ0) is 16.0. The van der Waals surface area contributed by atoms with Gasteiger partial charge in [0.15, 0.2) is 0 Å². The topological polar surface area (TPSA) is 64.1 Å². The first-order chi connectivity index (χ1) is 10.4. The summed E-state index contributed by atoms with van der Waals surface area (Å²) in [6, 6.07) is 3.64. The molecule has 3 aromatic rings. The van der Waals surface area contributed by atoms with Crippen molar-refractivity contribution in [2.75, 3.05) is 7.11 Å². The van der Waals surface area contributed by atoms with Gasteiger partial charge in [-0.1, -0.05) is 0 Å². The number of aryl methyl sites for hydroxylation is 1. The van der Waals surface area contributed by atoms with Crippen LogP contribution >= 0.6 is 27.3 Å². The molecule has 114 valence electrons. The number of nitrogens with one attached hydrogen (secondary N) is 1. The van der Waals surface area contributed by atoms with Gasteiger partial charge in [0.25, 0.3) is 5.56 Å². The summed E-state index contributed by atoms with van der Waals surface area (Å²) >= 11 is 4.64. The molecule has 1 N–H and O–H groups in total. The van der Waals surface area contributed by atoms with Gasteiger partial charge in [-0.25, -0.2) is 13.8 Å². The fourth-order valence-corrected chi connectivity index (χ4v) is 3.84. The second kappa shape index (κ2) is 5.36. The zero-order valence-corrected chi connectivity index (χ0v) is 14.0. The SMILES string of the molecule is COc1cc(F)ccc1-n1c(=O)[nH]c2sc(Br)c(C)c2c1=O. The molecular weight excluding hydrogens is 375 g/mol. The van der Waals surface area contributed by atoms with E-state index < -0.39 is 17.1 Å². The number of benzene rings is 1. The van der Waals surface area contributed by atoms with Gasteiger partial charge in [-0.2, -0.15) is 0 Å². The molecule has 0 aliphatic rings. The molecule has 1 aromatic carbocycles. The minimum Gasteiger partial charge on any atom is -0.494 e. The van der Waals surface area contributed by atoms with Crippen LogP contribution in [0.15, 0.2) is 31.6 Å². The van der Waals surface area contributed by atoms with Crippen LogP contribution in [0.5, 0.6) is 5.75 Å². The van der Waals surface area contributed by atoms with Crippen molar-refractivity contribution in [3.05, 3.63) is 54.2 Å². The maximum atomic E-state index is 13.3. The fraction of sp³-hybridized carbons (Fsp3) is 0.143. The Kier molecular flexibility index (Phi) is 3.65. The molecule has 3 rings (SSSR count). The standard InChI is InChI=1S/C14H10BrFN2O3S/c1-6-10-12(22-11(6)15)17-14(20)18(13(10)19)8-4-3-7(16)5-9(8)21-2/h3-5H,1-2H3,(H,17,20). The van der Waals surface area contributed by atoms with E-state index in [0.717, 1.165) is 20.0 Å². The van der Waals surface area contributed by atoms with E-state index in [1.165, 1.54) is 30.6 Å². The van der Waals surface area contributed by atoms with Crippen molar-refractivity contribution in [2.45, 2.75) is 6.92 Å². The van der Waals surface area contributed by atoms with Crippen LogP contribution in [0.1, 0.15) is 5.56 Å². The van der Waals surface area contributed by atoms with Gasteiger partial charge in [0.1, 0.15) is 16.4 Å². The molecule has 0 bridgehead atoms. The van der Waals surface area contributed by atoms with Crippen LogP contribution in [0, 0.1) is 12.7 Å². The van der Waals surface area contributed by atoms with Crippen LogP contribution in [-0.4, -0.2) is 16.7 Å². The molecule has 0 atom stereocenters. The summed E-state index contributed by atoms with van der Waals surface area (Å²) in [5.41, 5.74) is -0.130. The first kappa shape index (κ1) is 15.0. The molecule has 0 saturated heterocycles. The molecule has 22 heavy (non-hydrogen) atoms. The smallest absolute Gasteiger partial charge is 0.334 e. The highest BCUT2D eigenvalue weighted by molar-refractivity contribution is 9.11. The lowest BCUT2D eigenvalue weighted by atomic mass is 10.2. The Labute approximate surface area is 136 Å². The molecule has 5 nitrogen and oxygen atoms in total. The number of halogens is 2. The summed E-state index contributed by atoms with van der Waals surface area (Å²) in [4.78, 5) is 28.2. The third-order valence-corrected chi connectivity index (χ3v) is 5.39. The van der Waals surface area contributed by atoms with Gasteiger partial charge in [-0.15, -0.1) is 11.3 Å². The molecule has 2 heterocycles. The van der Waals surface area contributed by atoms with Gasteiger partial charge < -0.3 is 4.74 Å². The number of fused-ring (bicyclic) bond motifs is 1. The van der Waals surface area contributed by atoms with E-state index in [9.17, 15) is 14.0 Å². The Hall–Kier alpha value is -1.93. The second-order valence-corrected chi connectivity index (χ2v) is 6.93. The number of nitrogens with zero attached hydrogens (tertiary/aromatic N) is 1. The van der Waals surface area contributed by atoms with Gasteiger partial charge >= 0.3 is 5.69 Å². The third kappa shape index (κ3) is 2.19. The third-order valence-electron chi connectivity index (χ3n) is 3.31. The first-order valence-electron chi connectivity index (χ1n) is 6.22. The molecule has 0 radical (unpaired) electrons. The van der Waals surface area contributed by atoms with Crippen molar-refractivity contribution in [2.24, 2.45) is 0 Å². The van der Waals surface area contributed by atoms with E-state index in [4.69, 9.17) is 4.74 Å². The van der Waals surface area contributed by atoms with Crippen molar-refractivity contribution in [1.82, 2.24) is 9.55 Å². The number of thiophene rings is 1. The minimum atomic E-state index is -0.601. The number of ether oxygens (including phenoxy) is 1. The Balaban J connectivity index is 2.44. The molecule has 0 unspecified atom stereocenters. The Morgan fingerprint density at radius 2 is 2.09 bits per heavy atom. The van der Waals surface area contributed by atoms with Crippen molar-refractivity contribution in [1.29, 1.82) is 0 Å². The monoisotopic (exact) mass is 384 g/mol. The predicted molar refractivity (Wildman–Crippen MR) is 87.0 cm³/mol. The highest BCUT2D eigenvalue weighted by atomic mass is 79.9. The molecule has 0 saturated carbocycles. The molecule has 0 amide bonds. The van der Waals surface area contributed by atoms with Gasteiger partial charge in [0.2, 0.25) is 0 Å². The summed E-state index contributed by atoms with van der Waals surface area (Å²) < 4.78 is 20.1. The average molecular weight is 385 g/mol. The van der Waals surface area contributed by atoms with Crippen molar-refractivity contribution in [3.8, 4) is 11.4 Å². The molecular formula is C14H10BrFN2O3S. The van der Waals surface area contributed by atoms with E-state index in [0.29, 0.717) is 10.2 Å². The minimum absolute atomic E-state index is 0.110. The Morgan fingerprint density at radius 3 is 2.77 bits per heavy atom. The molecule has 8 heteroatoms. The predicted octanol–water partition coefficient (Wildman–Crippen LogP) is 2.96. The highest BCUT2D eigenvalue weighted by Gasteiger charge is 2.18. The number of hydrogen-bond donors (Lipinski definition) is 1. The molecule has 0 spiro atoms. The average Bonchev–Trinajstić information content (AvgIpc) is 2.75. The summed E-state index contributed by atoms with van der Waals surface area (Å²) in [6.45, 7) is 1.79. The largest absolute Gasteiger partial charge is 0.494 e. The van der Waals surface area contributed by atoms with Crippen LogP contribution < -0.4 is 16.0 Å². The van der Waals surface area contributed by atoms with Gasteiger partial charge in [-0.05, 0) is 40.5 Å². The van der Waals surface area contributed by atoms with Crippen molar-refractivity contribution in [3.63, 3.8) is 0 Å². The number of methoxy groups -OCH3 is 1. The van der Waals surface area contributed by atoms with E-state index in [1.54, 1.807) is 6.92 Å². The van der Waals surface area contributed by atoms with Crippen LogP contribution in [0.4, 0.5) is 4.39 Å². The van der Waals surface area contributed by atoms with Gasteiger partial charge in [0, 0.05) is 6.07 Å². The van der Waals surface area contributed by atoms with Crippen LogP contribution in [0.3, 0.4) is 0 Å². The number of rotatable bonds is 2. The number of hydrogen-bond acceptors (Lipinski definition) is 4. The van der Waals surface area contributed by atoms with Crippen molar-refractivity contribution >= 4 is 37.5 Å². The normalized spacial score (nSPS) is 11.1. The van der Waals surface area contributed by atoms with Gasteiger partial charge in [0.05, 0.1) is 22.0 Å². The van der Waals surface area contributed by atoms with E-state index in [1.807, 2.05) is 0 Å². The van der Waals surface area contributed by atoms with Crippen LogP contribution in [0.2, 0.25) is 0 Å². The molecule has 0 aliphatic carbocycles. The summed E-state index contributed by atoms with van der Waals surface area (Å²) in [5, 5.41) is 0.419. The fourth-order valence-electron chi connectivity index (χ4n) is 2.24. The van der Waals surface area contributed by atoms with Crippen LogP contribution in [-0.2, 0) is 0 Å². The second-order valence-electron chi connectivity index (χ2n) is 4.59. The summed E-state index contributed by atoms with van der Waals surface area (Å²) in [5.74, 6) is -0.403. The van der Waals surface area contributed by atoms with E-state index >= 15 is 0 Å². The van der Waals surface area contributed by atoms with Crippen molar-refractivity contribution < 1.29 is 9.13 Å². The number of H-pyrrole nitrogens is 1. The first-order valence-corrected chi connectivity index (χ1v) is 7.83. The summed E-state index contributed by atoms with van der Waals surface area (Å²) in [6.07, 6.45) is 0. The number of aromatic nitrogens is 2. The summed E-state index contributed by atoms with van der Waals surface area (Å²) in [7, 11) is 1.35. The molecule has 0 aliphatic heterocycles. The molecule has 0 fully saturated rings. The lowest BCUT2D eigenvalue weighted by Crippen LogP contribution is -2.33. The lowest BCUT2D eigenvalue weighted by molar-refractivity contribution is 0.408. The molecule has 2 aromatic heterocycles. The quantitative estimate of drug-likeness (QED) is 0.738. The maximum Gasteiger partial charge on any atom is 0.334 e. The van der Waals surface area contributed by atoms with Crippen LogP contribution in [0.25, 0.3) is 15.9 Å². The van der Waals surface area contributed by atoms with E-state index in [-0.39, 0.29) is 11.4 Å². The Bertz CT molecular complexity index is 1010. The zero-order valence-electron chi connectivity index (χ0n) is 11.6.